The summed E-state index contributed by atoms with van der Waals surface area (Å²) in [5.74, 6) is 0.635. The van der Waals surface area contributed by atoms with Crippen molar-refractivity contribution in [2.75, 3.05) is 5.73 Å². The van der Waals surface area contributed by atoms with Crippen LogP contribution in [0.25, 0.3) is 10.9 Å². The Morgan fingerprint density at radius 3 is 2.83 bits per heavy atom. The SMILES string of the molecule is Nc1c(Br)cnn1Cc1ccnc2ccccc12. The number of hydrogen-bond acceptors (Lipinski definition) is 3. The van der Waals surface area contributed by atoms with Crippen molar-refractivity contribution in [1.29, 1.82) is 0 Å². The predicted molar refractivity (Wildman–Crippen MR) is 75.2 cm³/mol. The fourth-order valence-electron chi connectivity index (χ4n) is 1.95. The molecule has 0 aliphatic rings. The summed E-state index contributed by atoms with van der Waals surface area (Å²) in [4.78, 5) is 4.34. The molecule has 0 saturated heterocycles. The van der Waals surface area contributed by atoms with Gasteiger partial charge in [-0.2, -0.15) is 5.10 Å². The second-order valence-corrected chi connectivity index (χ2v) is 4.88. The first-order chi connectivity index (χ1) is 8.75. The molecule has 3 rings (SSSR count). The first-order valence-electron chi connectivity index (χ1n) is 5.55. The number of para-hydroxylation sites is 1. The first-order valence-corrected chi connectivity index (χ1v) is 6.34. The molecule has 0 aliphatic heterocycles. The number of nitrogen functional groups attached to an aromatic ring is 1. The minimum absolute atomic E-state index is 0.635. The predicted octanol–water partition coefficient (Wildman–Crippen LogP) is 2.82. The van der Waals surface area contributed by atoms with Crippen LogP contribution in [0.4, 0.5) is 5.82 Å². The van der Waals surface area contributed by atoms with Crippen molar-refractivity contribution in [1.82, 2.24) is 14.8 Å². The fourth-order valence-corrected chi connectivity index (χ4v) is 2.25. The third kappa shape index (κ3) is 1.86. The molecule has 0 spiro atoms. The Hall–Kier alpha value is -1.88. The fraction of sp³-hybridized carbons (Fsp3) is 0.0769. The topological polar surface area (TPSA) is 56.7 Å². The number of benzene rings is 1. The van der Waals surface area contributed by atoms with E-state index in [2.05, 4.69) is 32.1 Å². The summed E-state index contributed by atoms with van der Waals surface area (Å²) in [6.07, 6.45) is 3.52. The minimum Gasteiger partial charge on any atom is -0.383 e. The number of rotatable bonds is 2. The Bertz CT molecular complexity index is 700. The van der Waals surface area contributed by atoms with Gasteiger partial charge in [0, 0.05) is 11.6 Å². The Balaban J connectivity index is 2.08. The number of nitrogens with zero attached hydrogens (tertiary/aromatic N) is 3. The smallest absolute Gasteiger partial charge is 0.136 e. The minimum atomic E-state index is 0.635. The third-order valence-corrected chi connectivity index (χ3v) is 3.50. The molecule has 0 bridgehead atoms. The third-order valence-electron chi connectivity index (χ3n) is 2.89. The van der Waals surface area contributed by atoms with Crippen LogP contribution < -0.4 is 5.73 Å². The summed E-state index contributed by atoms with van der Waals surface area (Å²) in [6.45, 7) is 0.639. The molecule has 4 nitrogen and oxygen atoms in total. The second kappa shape index (κ2) is 4.42. The highest BCUT2D eigenvalue weighted by Gasteiger charge is 2.07. The van der Waals surface area contributed by atoms with Gasteiger partial charge in [0.1, 0.15) is 5.82 Å². The van der Waals surface area contributed by atoms with Crippen LogP contribution in [0.15, 0.2) is 47.2 Å². The Morgan fingerprint density at radius 2 is 2.06 bits per heavy atom. The van der Waals surface area contributed by atoms with E-state index in [1.165, 1.54) is 0 Å². The molecular weight excluding hydrogens is 292 g/mol. The van der Waals surface area contributed by atoms with Gasteiger partial charge in [0.05, 0.1) is 22.7 Å². The quantitative estimate of drug-likeness (QED) is 0.792. The van der Waals surface area contributed by atoms with Crippen molar-refractivity contribution in [2.24, 2.45) is 0 Å². The van der Waals surface area contributed by atoms with Gasteiger partial charge in [-0.3, -0.25) is 4.98 Å². The summed E-state index contributed by atoms with van der Waals surface area (Å²) in [5.41, 5.74) is 8.07. The van der Waals surface area contributed by atoms with E-state index in [0.717, 1.165) is 20.9 Å². The van der Waals surface area contributed by atoms with Crippen molar-refractivity contribution in [3.05, 3.63) is 52.8 Å². The van der Waals surface area contributed by atoms with Crippen molar-refractivity contribution in [3.63, 3.8) is 0 Å². The normalized spacial score (nSPS) is 10.9. The highest BCUT2D eigenvalue weighted by molar-refractivity contribution is 9.10. The van der Waals surface area contributed by atoms with E-state index in [4.69, 9.17) is 5.73 Å². The molecule has 5 heteroatoms. The van der Waals surface area contributed by atoms with Gasteiger partial charge in [-0.1, -0.05) is 18.2 Å². The molecule has 0 amide bonds. The number of nitrogens with two attached hydrogens (primary N) is 1. The van der Waals surface area contributed by atoms with Gasteiger partial charge in [0.15, 0.2) is 0 Å². The summed E-state index contributed by atoms with van der Waals surface area (Å²) in [7, 11) is 0. The van der Waals surface area contributed by atoms with Crippen molar-refractivity contribution >= 4 is 32.7 Å². The van der Waals surface area contributed by atoms with Gasteiger partial charge in [-0.25, -0.2) is 4.68 Å². The Labute approximate surface area is 113 Å². The molecule has 2 N–H and O–H groups in total. The monoisotopic (exact) mass is 302 g/mol. The number of anilines is 1. The van der Waals surface area contributed by atoms with Gasteiger partial charge in [-0.15, -0.1) is 0 Å². The highest BCUT2D eigenvalue weighted by atomic mass is 79.9. The van der Waals surface area contributed by atoms with E-state index >= 15 is 0 Å². The van der Waals surface area contributed by atoms with Crippen LogP contribution in [0.3, 0.4) is 0 Å². The van der Waals surface area contributed by atoms with Crippen LogP contribution in [0.1, 0.15) is 5.56 Å². The van der Waals surface area contributed by atoms with Crippen LogP contribution in [0.2, 0.25) is 0 Å². The molecule has 0 radical (unpaired) electrons. The van der Waals surface area contributed by atoms with Gasteiger partial charge in [-0.05, 0) is 33.6 Å². The lowest BCUT2D eigenvalue weighted by Crippen LogP contribution is -2.06. The highest BCUT2D eigenvalue weighted by Crippen LogP contribution is 2.21. The number of aromatic nitrogens is 3. The summed E-state index contributed by atoms with van der Waals surface area (Å²) in [6, 6.07) is 10.1. The van der Waals surface area contributed by atoms with E-state index in [1.54, 1.807) is 10.9 Å². The average Bonchev–Trinajstić information content (AvgIpc) is 2.71. The largest absolute Gasteiger partial charge is 0.383 e. The summed E-state index contributed by atoms with van der Waals surface area (Å²) in [5, 5.41) is 5.37. The van der Waals surface area contributed by atoms with E-state index in [-0.39, 0.29) is 0 Å². The van der Waals surface area contributed by atoms with Gasteiger partial charge in [0.2, 0.25) is 0 Å². The Morgan fingerprint density at radius 1 is 1.22 bits per heavy atom. The maximum Gasteiger partial charge on any atom is 0.136 e. The molecule has 1 aromatic carbocycles. The molecule has 2 aromatic heterocycles. The van der Waals surface area contributed by atoms with Crippen LogP contribution in [-0.2, 0) is 6.54 Å². The van der Waals surface area contributed by atoms with Crippen LogP contribution in [-0.4, -0.2) is 14.8 Å². The van der Waals surface area contributed by atoms with Crippen LogP contribution in [0.5, 0.6) is 0 Å². The van der Waals surface area contributed by atoms with E-state index in [9.17, 15) is 0 Å². The number of pyridine rings is 1. The lowest BCUT2D eigenvalue weighted by molar-refractivity contribution is 0.700. The van der Waals surface area contributed by atoms with Crippen LogP contribution in [0, 0.1) is 0 Å². The van der Waals surface area contributed by atoms with Gasteiger partial charge in [0.25, 0.3) is 0 Å². The van der Waals surface area contributed by atoms with E-state index in [0.29, 0.717) is 12.4 Å². The van der Waals surface area contributed by atoms with E-state index < -0.39 is 0 Å². The maximum absolute atomic E-state index is 5.93. The second-order valence-electron chi connectivity index (χ2n) is 4.02. The van der Waals surface area contributed by atoms with Gasteiger partial charge >= 0.3 is 0 Å². The standard InChI is InChI=1S/C13H11BrN4/c14-11-7-17-18(13(11)15)8-9-5-6-16-12-4-2-1-3-10(9)12/h1-7H,8,15H2. The molecule has 90 valence electrons. The number of hydrogen-bond donors (Lipinski definition) is 1. The van der Waals surface area contributed by atoms with Crippen LogP contribution >= 0.6 is 15.9 Å². The average molecular weight is 303 g/mol. The van der Waals surface area contributed by atoms with Crippen molar-refractivity contribution in [3.8, 4) is 0 Å². The van der Waals surface area contributed by atoms with Crippen molar-refractivity contribution in [2.45, 2.75) is 6.54 Å². The number of halogens is 1. The zero-order valence-electron chi connectivity index (χ0n) is 9.55. The molecule has 0 unspecified atom stereocenters. The zero-order valence-corrected chi connectivity index (χ0v) is 11.1. The van der Waals surface area contributed by atoms with Gasteiger partial charge < -0.3 is 5.73 Å². The Kier molecular flexibility index (Phi) is 2.76. The lowest BCUT2D eigenvalue weighted by atomic mass is 10.1. The molecule has 0 aliphatic carbocycles. The molecule has 0 fully saturated rings. The lowest BCUT2D eigenvalue weighted by Gasteiger charge is -2.07. The first kappa shape index (κ1) is 11.2. The molecule has 2 heterocycles. The molecule has 0 saturated carbocycles. The maximum atomic E-state index is 5.93. The number of fused-ring (bicyclic) bond motifs is 1. The molecule has 0 atom stereocenters. The summed E-state index contributed by atoms with van der Waals surface area (Å²) >= 11 is 3.36. The molecular formula is C13H11BrN4. The molecule has 18 heavy (non-hydrogen) atoms. The summed E-state index contributed by atoms with van der Waals surface area (Å²) < 4.78 is 2.59. The molecule has 3 aromatic rings. The van der Waals surface area contributed by atoms with E-state index in [1.807, 2.05) is 30.5 Å². The van der Waals surface area contributed by atoms with Crippen molar-refractivity contribution < 1.29 is 0 Å². The zero-order chi connectivity index (χ0) is 12.5.